The summed E-state index contributed by atoms with van der Waals surface area (Å²) in [7, 11) is 0. The van der Waals surface area contributed by atoms with Crippen LogP contribution in [0.1, 0.15) is 26.2 Å². The highest BCUT2D eigenvalue weighted by Gasteiger charge is 2.23. The molecule has 2 rings (SSSR count). The Kier molecular flexibility index (Phi) is 6.24. The largest absolute Gasteiger partial charge is 0.370 e. The Balaban J connectivity index is 1.92. The van der Waals surface area contributed by atoms with Gasteiger partial charge in [-0.1, -0.05) is 0 Å². The lowest BCUT2D eigenvalue weighted by atomic mass is 9.95. The Labute approximate surface area is 131 Å². The number of rotatable bonds is 6. The number of aromatic nitrogens is 2. The molecule has 0 aliphatic carbocycles. The van der Waals surface area contributed by atoms with Gasteiger partial charge >= 0.3 is 0 Å². The van der Waals surface area contributed by atoms with Crippen molar-refractivity contribution in [3.05, 3.63) is 18.5 Å². The zero-order chi connectivity index (χ0) is 15.8. The summed E-state index contributed by atoms with van der Waals surface area (Å²) in [6.07, 6.45) is 6.30. The van der Waals surface area contributed by atoms with Crippen LogP contribution in [-0.2, 0) is 11.3 Å². The third-order valence-electron chi connectivity index (χ3n) is 3.79. The lowest BCUT2D eigenvalue weighted by molar-refractivity contribution is -0.119. The van der Waals surface area contributed by atoms with Crippen molar-refractivity contribution in [3.8, 4) is 0 Å². The first-order chi connectivity index (χ1) is 10.7. The van der Waals surface area contributed by atoms with Crippen LogP contribution in [0.15, 0.2) is 23.5 Å². The molecule has 1 aliphatic heterocycles. The van der Waals surface area contributed by atoms with E-state index in [1.807, 2.05) is 16.9 Å². The van der Waals surface area contributed by atoms with Crippen molar-refractivity contribution in [3.63, 3.8) is 0 Å². The van der Waals surface area contributed by atoms with Crippen LogP contribution in [0.5, 0.6) is 0 Å². The Morgan fingerprint density at radius 3 is 3.09 bits per heavy atom. The van der Waals surface area contributed by atoms with Crippen LogP contribution in [-0.4, -0.2) is 52.7 Å². The fourth-order valence-corrected chi connectivity index (χ4v) is 2.83. The minimum Gasteiger partial charge on any atom is -0.370 e. The molecule has 2 heterocycles. The third kappa shape index (κ3) is 5.05. The molecule has 0 bridgehead atoms. The monoisotopic (exact) mass is 306 g/mol. The molecule has 0 saturated carbocycles. The predicted molar refractivity (Wildman–Crippen MR) is 86.3 cm³/mol. The van der Waals surface area contributed by atoms with Crippen LogP contribution < -0.4 is 11.1 Å². The average molecular weight is 306 g/mol. The normalized spacial score (nSPS) is 19.2. The van der Waals surface area contributed by atoms with Gasteiger partial charge in [-0.25, -0.2) is 0 Å². The fraction of sp³-hybridized carbons (Fsp3) is 0.667. The van der Waals surface area contributed by atoms with Gasteiger partial charge < -0.3 is 16.0 Å². The zero-order valence-corrected chi connectivity index (χ0v) is 13.2. The molecule has 0 radical (unpaired) electrons. The Morgan fingerprint density at radius 2 is 2.41 bits per heavy atom. The van der Waals surface area contributed by atoms with Crippen LogP contribution >= 0.6 is 0 Å². The number of nitrogens with one attached hydrogen (secondary N) is 1. The second-order valence-electron chi connectivity index (χ2n) is 5.63. The van der Waals surface area contributed by atoms with E-state index in [9.17, 15) is 4.79 Å². The number of likely N-dealkylation sites (tertiary alicyclic amines) is 1. The molecule has 0 spiro atoms. The van der Waals surface area contributed by atoms with E-state index in [4.69, 9.17) is 5.73 Å². The maximum atomic E-state index is 11.1. The molecule has 22 heavy (non-hydrogen) atoms. The van der Waals surface area contributed by atoms with E-state index in [1.165, 1.54) is 0 Å². The van der Waals surface area contributed by atoms with Gasteiger partial charge in [-0.2, -0.15) is 5.10 Å². The van der Waals surface area contributed by atoms with E-state index < -0.39 is 0 Å². The van der Waals surface area contributed by atoms with Gasteiger partial charge in [0.05, 0.1) is 13.1 Å². The number of guanidine groups is 1. The van der Waals surface area contributed by atoms with Gasteiger partial charge in [0.1, 0.15) is 0 Å². The van der Waals surface area contributed by atoms with Gasteiger partial charge in [-0.15, -0.1) is 0 Å². The molecule has 0 aromatic carbocycles. The zero-order valence-electron chi connectivity index (χ0n) is 13.2. The topological polar surface area (TPSA) is 88.5 Å². The van der Waals surface area contributed by atoms with Crippen molar-refractivity contribution in [1.29, 1.82) is 0 Å². The van der Waals surface area contributed by atoms with Crippen molar-refractivity contribution >= 4 is 11.9 Å². The minimum atomic E-state index is -0.215. The summed E-state index contributed by atoms with van der Waals surface area (Å²) in [4.78, 5) is 18.0. The van der Waals surface area contributed by atoms with Crippen molar-refractivity contribution in [2.45, 2.75) is 32.7 Å². The van der Waals surface area contributed by atoms with E-state index in [-0.39, 0.29) is 5.91 Å². The summed E-state index contributed by atoms with van der Waals surface area (Å²) >= 11 is 0. The van der Waals surface area contributed by atoms with Crippen molar-refractivity contribution in [1.82, 2.24) is 20.0 Å². The quantitative estimate of drug-likeness (QED) is 0.589. The van der Waals surface area contributed by atoms with E-state index >= 15 is 0 Å². The number of piperidine rings is 1. The molecule has 1 saturated heterocycles. The Hall–Kier alpha value is -2.05. The van der Waals surface area contributed by atoms with Crippen LogP contribution in [0, 0.1) is 5.92 Å². The first-order valence-electron chi connectivity index (χ1n) is 7.98. The number of carbonyl (C=O) groups excluding carboxylic acids is 1. The van der Waals surface area contributed by atoms with E-state index in [1.54, 1.807) is 6.20 Å². The number of nitrogens with two attached hydrogens (primary N) is 1. The molecule has 1 aromatic heterocycles. The van der Waals surface area contributed by atoms with Gasteiger partial charge in [0, 0.05) is 38.4 Å². The van der Waals surface area contributed by atoms with Crippen molar-refractivity contribution < 1.29 is 4.79 Å². The first kappa shape index (κ1) is 16.3. The molecular weight excluding hydrogens is 280 g/mol. The first-order valence-corrected chi connectivity index (χ1v) is 7.98. The maximum absolute atomic E-state index is 11.1. The standard InChI is InChI=1S/C15H26N6O/c1-2-17-15(18-7-10-21-9-4-6-19-21)20-8-3-5-13(12-20)11-14(16)22/h4,6,9,13H,2-3,5,7-8,10-12H2,1H3,(H2,16,22)(H,17,18). The number of primary amides is 1. The summed E-state index contributed by atoms with van der Waals surface area (Å²) in [5, 5.41) is 7.51. The molecule has 1 aliphatic rings. The lowest BCUT2D eigenvalue weighted by Gasteiger charge is -2.34. The SMILES string of the molecule is CCNC(=NCCn1cccn1)N1CCCC(CC(N)=O)C1. The van der Waals surface area contributed by atoms with Crippen LogP contribution in [0.25, 0.3) is 0 Å². The van der Waals surface area contributed by atoms with Gasteiger partial charge in [-0.3, -0.25) is 14.5 Å². The second-order valence-corrected chi connectivity index (χ2v) is 5.63. The predicted octanol–water partition coefficient (Wildman–Crippen LogP) is 0.436. The van der Waals surface area contributed by atoms with Gasteiger partial charge in [0.15, 0.2) is 5.96 Å². The third-order valence-corrected chi connectivity index (χ3v) is 3.79. The number of nitrogens with zero attached hydrogens (tertiary/aromatic N) is 4. The highest BCUT2D eigenvalue weighted by Crippen LogP contribution is 2.19. The number of amides is 1. The number of aliphatic imine (C=N–C) groups is 1. The maximum Gasteiger partial charge on any atom is 0.217 e. The Morgan fingerprint density at radius 1 is 1.55 bits per heavy atom. The second kappa shape index (κ2) is 8.41. The van der Waals surface area contributed by atoms with E-state index in [0.717, 1.165) is 45.0 Å². The molecule has 7 nitrogen and oxygen atoms in total. The molecule has 1 aromatic rings. The van der Waals surface area contributed by atoms with Gasteiger partial charge in [0.25, 0.3) is 0 Å². The van der Waals surface area contributed by atoms with Crippen LogP contribution in [0.3, 0.4) is 0 Å². The van der Waals surface area contributed by atoms with Crippen molar-refractivity contribution in [2.75, 3.05) is 26.2 Å². The number of hydrogen-bond donors (Lipinski definition) is 2. The van der Waals surface area contributed by atoms with Gasteiger partial charge in [-0.05, 0) is 31.7 Å². The fourth-order valence-electron chi connectivity index (χ4n) is 2.83. The highest BCUT2D eigenvalue weighted by atomic mass is 16.1. The summed E-state index contributed by atoms with van der Waals surface area (Å²) in [5.74, 6) is 1.04. The molecule has 7 heteroatoms. The Bertz CT molecular complexity index is 484. The van der Waals surface area contributed by atoms with Crippen LogP contribution in [0.4, 0.5) is 0 Å². The van der Waals surface area contributed by atoms with Crippen molar-refractivity contribution in [2.24, 2.45) is 16.6 Å². The lowest BCUT2D eigenvalue weighted by Crippen LogP contribution is -2.47. The molecule has 1 atom stereocenters. The summed E-state index contributed by atoms with van der Waals surface area (Å²) in [5.41, 5.74) is 5.32. The smallest absolute Gasteiger partial charge is 0.217 e. The summed E-state index contributed by atoms with van der Waals surface area (Å²) in [6.45, 7) is 6.16. The number of carbonyl (C=O) groups is 1. The molecule has 1 amide bonds. The van der Waals surface area contributed by atoms with Crippen LogP contribution in [0.2, 0.25) is 0 Å². The van der Waals surface area contributed by atoms with E-state index in [0.29, 0.717) is 18.9 Å². The van der Waals surface area contributed by atoms with E-state index in [2.05, 4.69) is 27.2 Å². The average Bonchev–Trinajstić information content (AvgIpc) is 2.99. The molecule has 122 valence electrons. The molecular formula is C15H26N6O. The summed E-state index contributed by atoms with van der Waals surface area (Å²) in [6, 6.07) is 1.91. The molecule has 1 unspecified atom stereocenters. The molecule has 3 N–H and O–H groups in total. The van der Waals surface area contributed by atoms with Gasteiger partial charge in [0.2, 0.25) is 5.91 Å². The number of hydrogen-bond acceptors (Lipinski definition) is 3. The summed E-state index contributed by atoms with van der Waals surface area (Å²) < 4.78 is 1.87. The molecule has 1 fully saturated rings. The highest BCUT2D eigenvalue weighted by molar-refractivity contribution is 5.80. The minimum absolute atomic E-state index is 0.215.